The molecule has 3 N–H and O–H groups in total. The van der Waals surface area contributed by atoms with Crippen molar-refractivity contribution in [1.29, 1.82) is 0 Å². The molecule has 2 unspecified atom stereocenters. The van der Waals surface area contributed by atoms with E-state index in [2.05, 4.69) is 6.07 Å². The molecule has 1 aromatic rings. The summed E-state index contributed by atoms with van der Waals surface area (Å²) in [6, 6.07) is 8.12. The van der Waals surface area contributed by atoms with Crippen molar-refractivity contribution in [3.63, 3.8) is 0 Å². The lowest BCUT2D eigenvalue weighted by molar-refractivity contribution is -0.152. The summed E-state index contributed by atoms with van der Waals surface area (Å²) in [5.41, 5.74) is 7.29. The van der Waals surface area contributed by atoms with Gasteiger partial charge in [-0.25, -0.2) is 0 Å². The number of carbonyl (C=O) groups is 1. The third-order valence-corrected chi connectivity index (χ3v) is 4.24. The quantitative estimate of drug-likeness (QED) is 0.838. The van der Waals surface area contributed by atoms with Crippen molar-refractivity contribution in [3.8, 4) is 0 Å². The summed E-state index contributed by atoms with van der Waals surface area (Å²) >= 11 is 0. The number of fused-ring (bicyclic) bond motifs is 1. The van der Waals surface area contributed by atoms with Crippen LogP contribution in [0.25, 0.3) is 0 Å². The standard InChI is InChI=1S/C16H23NO3/c1-2-8-16(11-17,15(18)19)10-14-13-6-4-3-5-12(13)7-9-20-14/h3-6,14H,2,7-11,17H2,1H3,(H,18,19). The summed E-state index contributed by atoms with van der Waals surface area (Å²) in [4.78, 5) is 11.7. The molecule has 0 fully saturated rings. The second-order valence-electron chi connectivity index (χ2n) is 5.55. The van der Waals surface area contributed by atoms with Crippen LogP contribution >= 0.6 is 0 Å². The van der Waals surface area contributed by atoms with Crippen LogP contribution in [0.5, 0.6) is 0 Å². The van der Waals surface area contributed by atoms with Crippen molar-refractivity contribution in [1.82, 2.24) is 0 Å². The Morgan fingerprint density at radius 3 is 2.90 bits per heavy atom. The van der Waals surface area contributed by atoms with Crippen molar-refractivity contribution < 1.29 is 14.6 Å². The molecule has 110 valence electrons. The Balaban J connectivity index is 2.26. The Morgan fingerprint density at radius 2 is 2.25 bits per heavy atom. The Bertz CT molecular complexity index is 475. The van der Waals surface area contributed by atoms with Gasteiger partial charge in [-0.2, -0.15) is 0 Å². The maximum Gasteiger partial charge on any atom is 0.311 e. The van der Waals surface area contributed by atoms with Gasteiger partial charge in [0.25, 0.3) is 0 Å². The van der Waals surface area contributed by atoms with Gasteiger partial charge >= 0.3 is 5.97 Å². The molecule has 0 radical (unpaired) electrons. The monoisotopic (exact) mass is 277 g/mol. The summed E-state index contributed by atoms with van der Waals surface area (Å²) < 4.78 is 5.84. The SMILES string of the molecule is CCCC(CN)(CC1OCCc2ccccc21)C(=O)O. The number of hydrogen-bond donors (Lipinski definition) is 2. The van der Waals surface area contributed by atoms with Gasteiger partial charge in [0.1, 0.15) is 0 Å². The molecule has 0 aromatic heterocycles. The Kier molecular flexibility index (Phi) is 4.78. The Labute approximate surface area is 119 Å². The van der Waals surface area contributed by atoms with Crippen LogP contribution in [0.1, 0.15) is 43.4 Å². The van der Waals surface area contributed by atoms with E-state index in [0.717, 1.165) is 18.4 Å². The zero-order chi connectivity index (χ0) is 14.6. The molecule has 2 rings (SSSR count). The first-order valence-electron chi connectivity index (χ1n) is 7.26. The molecule has 1 aromatic carbocycles. The van der Waals surface area contributed by atoms with Crippen LogP contribution in [-0.2, 0) is 16.0 Å². The van der Waals surface area contributed by atoms with Crippen molar-refractivity contribution in [2.75, 3.05) is 13.2 Å². The number of nitrogens with two attached hydrogens (primary N) is 1. The summed E-state index contributed by atoms with van der Waals surface area (Å²) in [7, 11) is 0. The second-order valence-corrected chi connectivity index (χ2v) is 5.55. The van der Waals surface area contributed by atoms with Crippen LogP contribution in [-0.4, -0.2) is 24.2 Å². The van der Waals surface area contributed by atoms with Crippen LogP contribution in [0.3, 0.4) is 0 Å². The summed E-state index contributed by atoms with van der Waals surface area (Å²) in [5.74, 6) is -0.812. The molecular formula is C16H23NO3. The third kappa shape index (κ3) is 2.86. The van der Waals surface area contributed by atoms with Gasteiger partial charge in [-0.05, 0) is 30.4 Å². The first-order chi connectivity index (χ1) is 9.63. The Hall–Kier alpha value is -1.39. The minimum absolute atomic E-state index is 0.151. The largest absolute Gasteiger partial charge is 0.481 e. The van der Waals surface area contributed by atoms with Crippen LogP contribution < -0.4 is 5.73 Å². The molecule has 4 heteroatoms. The first kappa shape index (κ1) is 15.0. The fraction of sp³-hybridized carbons (Fsp3) is 0.562. The fourth-order valence-corrected chi connectivity index (χ4v) is 3.05. The predicted molar refractivity (Wildman–Crippen MR) is 77.5 cm³/mol. The topological polar surface area (TPSA) is 72.5 Å². The second kappa shape index (κ2) is 6.37. The first-order valence-corrected chi connectivity index (χ1v) is 7.26. The van der Waals surface area contributed by atoms with Gasteiger partial charge in [0.2, 0.25) is 0 Å². The van der Waals surface area contributed by atoms with E-state index in [1.807, 2.05) is 25.1 Å². The van der Waals surface area contributed by atoms with Gasteiger partial charge in [0.05, 0.1) is 18.1 Å². The number of aliphatic carboxylic acids is 1. The average Bonchev–Trinajstić information content (AvgIpc) is 2.46. The molecule has 0 spiro atoms. The molecule has 4 nitrogen and oxygen atoms in total. The molecule has 0 bridgehead atoms. The summed E-state index contributed by atoms with van der Waals surface area (Å²) in [6.07, 6.45) is 2.57. The van der Waals surface area contributed by atoms with Gasteiger partial charge in [-0.1, -0.05) is 37.6 Å². The van der Waals surface area contributed by atoms with E-state index in [0.29, 0.717) is 19.4 Å². The lowest BCUT2D eigenvalue weighted by atomic mass is 9.76. The van der Waals surface area contributed by atoms with E-state index >= 15 is 0 Å². The highest BCUT2D eigenvalue weighted by Crippen LogP contribution is 2.39. The van der Waals surface area contributed by atoms with E-state index in [9.17, 15) is 9.90 Å². The van der Waals surface area contributed by atoms with Gasteiger partial charge in [-0.15, -0.1) is 0 Å². The fourth-order valence-electron chi connectivity index (χ4n) is 3.05. The van der Waals surface area contributed by atoms with E-state index in [1.54, 1.807) is 0 Å². The molecule has 1 heterocycles. The molecular weight excluding hydrogens is 254 g/mol. The number of benzene rings is 1. The molecule has 2 atom stereocenters. The van der Waals surface area contributed by atoms with Gasteiger partial charge < -0.3 is 15.6 Å². The smallest absolute Gasteiger partial charge is 0.311 e. The number of ether oxygens (including phenoxy) is 1. The van der Waals surface area contributed by atoms with Crippen LogP contribution in [0.4, 0.5) is 0 Å². The molecule has 0 aliphatic carbocycles. The van der Waals surface area contributed by atoms with E-state index < -0.39 is 11.4 Å². The normalized spacial score (nSPS) is 21.0. The van der Waals surface area contributed by atoms with Gasteiger partial charge in [0.15, 0.2) is 0 Å². The minimum Gasteiger partial charge on any atom is -0.481 e. The van der Waals surface area contributed by atoms with Gasteiger partial charge in [0, 0.05) is 6.54 Å². The molecule has 0 saturated heterocycles. The predicted octanol–water partition coefficient (Wildman–Crippen LogP) is 2.52. The van der Waals surface area contributed by atoms with Crippen LogP contribution in [0.2, 0.25) is 0 Å². The number of carboxylic acids is 1. The summed E-state index contributed by atoms with van der Waals surface area (Å²) in [6.45, 7) is 2.79. The molecule has 1 aliphatic rings. The molecule has 0 saturated carbocycles. The third-order valence-electron chi connectivity index (χ3n) is 4.24. The highest BCUT2D eigenvalue weighted by atomic mass is 16.5. The van der Waals surface area contributed by atoms with Crippen LogP contribution in [0, 0.1) is 5.41 Å². The lowest BCUT2D eigenvalue weighted by Crippen LogP contribution is -2.41. The highest BCUT2D eigenvalue weighted by molar-refractivity contribution is 5.75. The zero-order valence-corrected chi connectivity index (χ0v) is 12.0. The summed E-state index contributed by atoms with van der Waals surface area (Å²) in [5, 5.41) is 9.60. The lowest BCUT2D eigenvalue weighted by Gasteiger charge is -2.34. The maximum atomic E-state index is 11.7. The van der Waals surface area contributed by atoms with E-state index in [-0.39, 0.29) is 12.6 Å². The Morgan fingerprint density at radius 1 is 1.50 bits per heavy atom. The minimum atomic E-state index is -0.885. The molecule has 1 aliphatic heterocycles. The van der Waals surface area contributed by atoms with E-state index in [4.69, 9.17) is 10.5 Å². The molecule has 0 amide bonds. The maximum absolute atomic E-state index is 11.7. The molecule has 20 heavy (non-hydrogen) atoms. The number of carboxylic acid groups (broad SMARTS) is 1. The van der Waals surface area contributed by atoms with Crippen LogP contribution in [0.15, 0.2) is 24.3 Å². The van der Waals surface area contributed by atoms with Crippen molar-refractivity contribution in [3.05, 3.63) is 35.4 Å². The van der Waals surface area contributed by atoms with Crippen molar-refractivity contribution >= 4 is 5.97 Å². The average molecular weight is 277 g/mol. The van der Waals surface area contributed by atoms with Crippen molar-refractivity contribution in [2.24, 2.45) is 11.1 Å². The number of hydrogen-bond acceptors (Lipinski definition) is 3. The highest BCUT2D eigenvalue weighted by Gasteiger charge is 2.40. The number of rotatable bonds is 6. The zero-order valence-electron chi connectivity index (χ0n) is 12.0. The van der Waals surface area contributed by atoms with E-state index in [1.165, 1.54) is 5.56 Å². The van der Waals surface area contributed by atoms with Gasteiger partial charge in [-0.3, -0.25) is 4.79 Å². The van der Waals surface area contributed by atoms with Crippen molar-refractivity contribution in [2.45, 2.75) is 38.7 Å².